The third-order valence-electron chi connectivity index (χ3n) is 6.32. The third-order valence-corrected chi connectivity index (χ3v) is 6.64. The van der Waals surface area contributed by atoms with Crippen molar-refractivity contribution in [1.29, 1.82) is 0 Å². The number of benzene rings is 2. The Labute approximate surface area is 209 Å². The normalized spacial score (nSPS) is 14.5. The van der Waals surface area contributed by atoms with Crippen molar-refractivity contribution < 1.29 is 9.18 Å². The monoisotopic (exact) mass is 491 g/mol. The summed E-state index contributed by atoms with van der Waals surface area (Å²) in [5.74, 6) is -0.538. The standard InChI is InChI=1S/C27H27ClFN5O/c1-27(2,3)24-17-25-30-21(18-8-4-6-10-20(18)29)16-23(34(25)31-24)26(35)33-14-12-32(13-15-33)22-11-7-5-9-19(22)28/h4-11,16-17H,12-15H2,1-3H3. The fourth-order valence-electron chi connectivity index (χ4n) is 4.32. The van der Waals surface area contributed by atoms with Crippen LogP contribution in [0.2, 0.25) is 5.02 Å². The molecule has 0 saturated carbocycles. The largest absolute Gasteiger partial charge is 0.367 e. The molecule has 1 aliphatic heterocycles. The van der Waals surface area contributed by atoms with Gasteiger partial charge in [-0.2, -0.15) is 5.10 Å². The molecule has 1 fully saturated rings. The van der Waals surface area contributed by atoms with E-state index in [1.165, 1.54) is 6.07 Å². The number of rotatable bonds is 3. The van der Waals surface area contributed by atoms with Crippen LogP contribution in [0.25, 0.3) is 16.9 Å². The highest BCUT2D eigenvalue weighted by molar-refractivity contribution is 6.33. The summed E-state index contributed by atoms with van der Waals surface area (Å²) in [5.41, 5.74) is 3.21. The second-order valence-corrected chi connectivity index (χ2v) is 10.2. The van der Waals surface area contributed by atoms with Gasteiger partial charge >= 0.3 is 0 Å². The molecular weight excluding hydrogens is 465 g/mol. The predicted molar refractivity (Wildman–Crippen MR) is 137 cm³/mol. The highest BCUT2D eigenvalue weighted by Gasteiger charge is 2.28. The lowest BCUT2D eigenvalue weighted by molar-refractivity contribution is 0.0737. The quantitative estimate of drug-likeness (QED) is 0.382. The minimum absolute atomic E-state index is 0.155. The van der Waals surface area contributed by atoms with Gasteiger partial charge in [0.2, 0.25) is 0 Å². The Bertz CT molecular complexity index is 1400. The molecule has 0 aliphatic carbocycles. The Morgan fingerprint density at radius 2 is 1.66 bits per heavy atom. The van der Waals surface area contributed by atoms with E-state index in [9.17, 15) is 9.18 Å². The van der Waals surface area contributed by atoms with Gasteiger partial charge in [0, 0.05) is 43.2 Å². The summed E-state index contributed by atoms with van der Waals surface area (Å²) in [6.45, 7) is 8.57. The summed E-state index contributed by atoms with van der Waals surface area (Å²) >= 11 is 6.37. The minimum Gasteiger partial charge on any atom is -0.367 e. The number of aromatic nitrogens is 3. The zero-order valence-corrected chi connectivity index (χ0v) is 20.8. The molecule has 4 aromatic rings. The van der Waals surface area contributed by atoms with Crippen molar-refractivity contribution in [2.75, 3.05) is 31.1 Å². The molecule has 0 atom stereocenters. The van der Waals surface area contributed by atoms with Crippen molar-refractivity contribution in [3.63, 3.8) is 0 Å². The summed E-state index contributed by atoms with van der Waals surface area (Å²) in [4.78, 5) is 22.4. The van der Waals surface area contributed by atoms with Crippen LogP contribution in [0, 0.1) is 5.82 Å². The summed E-state index contributed by atoms with van der Waals surface area (Å²) in [5, 5.41) is 5.41. The van der Waals surface area contributed by atoms with Crippen molar-refractivity contribution in [1.82, 2.24) is 19.5 Å². The van der Waals surface area contributed by atoms with Crippen molar-refractivity contribution in [3.05, 3.63) is 82.9 Å². The molecule has 1 amide bonds. The zero-order valence-electron chi connectivity index (χ0n) is 20.0. The molecule has 3 heterocycles. The molecule has 6 nitrogen and oxygen atoms in total. The molecule has 35 heavy (non-hydrogen) atoms. The molecule has 5 rings (SSSR count). The van der Waals surface area contributed by atoms with Crippen LogP contribution < -0.4 is 4.90 Å². The van der Waals surface area contributed by atoms with Crippen LogP contribution in [-0.2, 0) is 5.41 Å². The summed E-state index contributed by atoms with van der Waals surface area (Å²) in [6, 6.07) is 17.7. The third kappa shape index (κ3) is 4.48. The van der Waals surface area contributed by atoms with Gasteiger partial charge in [-0.3, -0.25) is 4.79 Å². The second-order valence-electron chi connectivity index (χ2n) is 9.79. The van der Waals surface area contributed by atoms with Crippen LogP contribution in [0.15, 0.2) is 60.7 Å². The Morgan fingerprint density at radius 3 is 2.34 bits per heavy atom. The maximum Gasteiger partial charge on any atom is 0.272 e. The van der Waals surface area contributed by atoms with Gasteiger partial charge in [0.15, 0.2) is 5.65 Å². The van der Waals surface area contributed by atoms with Crippen molar-refractivity contribution in [2.24, 2.45) is 0 Å². The first-order chi connectivity index (χ1) is 16.7. The Kier molecular flexibility index (Phi) is 5.97. The lowest BCUT2D eigenvalue weighted by Crippen LogP contribution is -2.49. The van der Waals surface area contributed by atoms with E-state index < -0.39 is 0 Å². The molecule has 2 aromatic carbocycles. The number of hydrogen-bond donors (Lipinski definition) is 0. The number of carbonyl (C=O) groups is 1. The second kappa shape index (κ2) is 8.96. The summed E-state index contributed by atoms with van der Waals surface area (Å²) < 4.78 is 16.2. The SMILES string of the molecule is CC(C)(C)c1cc2nc(-c3ccccc3F)cc(C(=O)N3CCN(c4ccccc4Cl)CC3)n2n1. The first kappa shape index (κ1) is 23.3. The van der Waals surface area contributed by atoms with Gasteiger partial charge in [-0.05, 0) is 30.3 Å². The maximum absolute atomic E-state index is 14.6. The number of fused-ring (bicyclic) bond motifs is 1. The maximum atomic E-state index is 14.6. The number of amides is 1. The van der Waals surface area contributed by atoms with Crippen LogP contribution in [-0.4, -0.2) is 51.6 Å². The number of para-hydroxylation sites is 1. The zero-order chi connectivity index (χ0) is 24.7. The molecule has 1 saturated heterocycles. The highest BCUT2D eigenvalue weighted by Crippen LogP contribution is 2.29. The average Bonchev–Trinajstić information content (AvgIpc) is 3.29. The van der Waals surface area contributed by atoms with E-state index in [2.05, 4.69) is 30.7 Å². The molecule has 8 heteroatoms. The fraction of sp³-hybridized carbons (Fsp3) is 0.296. The number of anilines is 1. The number of carbonyl (C=O) groups excluding carboxylic acids is 1. The first-order valence-electron chi connectivity index (χ1n) is 11.7. The molecule has 2 aromatic heterocycles. The Morgan fingerprint density at radius 1 is 0.971 bits per heavy atom. The van der Waals surface area contributed by atoms with Crippen molar-refractivity contribution in [2.45, 2.75) is 26.2 Å². The van der Waals surface area contributed by atoms with Gasteiger partial charge in [-0.15, -0.1) is 0 Å². The smallest absolute Gasteiger partial charge is 0.272 e. The topological polar surface area (TPSA) is 53.7 Å². The van der Waals surface area contributed by atoms with E-state index in [-0.39, 0.29) is 17.1 Å². The molecule has 0 bridgehead atoms. The van der Waals surface area contributed by atoms with Crippen LogP contribution in [0.1, 0.15) is 37.0 Å². The average molecular weight is 492 g/mol. The van der Waals surface area contributed by atoms with Gasteiger partial charge in [-0.25, -0.2) is 13.9 Å². The summed E-state index contributed by atoms with van der Waals surface area (Å²) in [6.07, 6.45) is 0. The number of hydrogen-bond acceptors (Lipinski definition) is 4. The van der Waals surface area contributed by atoms with E-state index in [0.29, 0.717) is 53.8 Å². The van der Waals surface area contributed by atoms with Crippen molar-refractivity contribution >= 4 is 28.8 Å². The van der Waals surface area contributed by atoms with E-state index in [1.807, 2.05) is 35.2 Å². The Hall–Kier alpha value is -3.45. The minimum atomic E-state index is -0.383. The number of halogens is 2. The van der Waals surface area contributed by atoms with Crippen LogP contribution >= 0.6 is 11.6 Å². The number of piperazine rings is 1. The number of nitrogens with zero attached hydrogens (tertiary/aromatic N) is 5. The molecule has 0 unspecified atom stereocenters. The lowest BCUT2D eigenvalue weighted by Gasteiger charge is -2.36. The predicted octanol–water partition coefficient (Wildman–Crippen LogP) is 5.45. The van der Waals surface area contributed by atoms with Gasteiger partial charge in [-0.1, -0.05) is 56.6 Å². The molecule has 0 N–H and O–H groups in total. The van der Waals surface area contributed by atoms with E-state index in [4.69, 9.17) is 16.7 Å². The van der Waals surface area contributed by atoms with Gasteiger partial charge in [0.05, 0.1) is 22.1 Å². The van der Waals surface area contributed by atoms with E-state index in [1.54, 1.807) is 28.8 Å². The summed E-state index contributed by atoms with van der Waals surface area (Å²) in [7, 11) is 0. The van der Waals surface area contributed by atoms with Crippen LogP contribution in [0.3, 0.4) is 0 Å². The molecule has 1 aliphatic rings. The molecule has 180 valence electrons. The van der Waals surface area contributed by atoms with E-state index >= 15 is 0 Å². The molecular formula is C27H27ClFN5O. The van der Waals surface area contributed by atoms with Crippen LogP contribution in [0.5, 0.6) is 0 Å². The first-order valence-corrected chi connectivity index (χ1v) is 12.0. The van der Waals surface area contributed by atoms with Crippen molar-refractivity contribution in [3.8, 4) is 11.3 Å². The van der Waals surface area contributed by atoms with Gasteiger partial charge in [0.1, 0.15) is 11.5 Å². The van der Waals surface area contributed by atoms with Gasteiger partial charge < -0.3 is 9.80 Å². The van der Waals surface area contributed by atoms with Gasteiger partial charge in [0.25, 0.3) is 5.91 Å². The molecule has 0 radical (unpaired) electrons. The Balaban J connectivity index is 1.51. The highest BCUT2D eigenvalue weighted by atomic mass is 35.5. The van der Waals surface area contributed by atoms with E-state index in [0.717, 1.165) is 11.4 Å². The fourth-order valence-corrected chi connectivity index (χ4v) is 4.58. The van der Waals surface area contributed by atoms with Crippen LogP contribution in [0.4, 0.5) is 10.1 Å². The molecule has 0 spiro atoms. The lowest BCUT2D eigenvalue weighted by atomic mass is 9.93.